The van der Waals surface area contributed by atoms with Crippen molar-refractivity contribution in [3.63, 3.8) is 0 Å². The van der Waals surface area contributed by atoms with Crippen molar-refractivity contribution in [3.8, 4) is 11.3 Å². The number of halogens is 1. The number of nitrogens with zero attached hydrogens (tertiary/aromatic N) is 2. The van der Waals surface area contributed by atoms with Gasteiger partial charge in [-0.15, -0.1) is 12.4 Å². The molecule has 0 radical (unpaired) electrons. The molecule has 4 rings (SSSR count). The second-order valence-electron chi connectivity index (χ2n) is 6.86. The Morgan fingerprint density at radius 3 is 2.70 bits per heavy atom. The van der Waals surface area contributed by atoms with Gasteiger partial charge in [-0.05, 0) is 29.8 Å². The normalized spacial score (nSPS) is 11.8. The van der Waals surface area contributed by atoms with Crippen LogP contribution >= 0.6 is 12.4 Å². The first-order valence-electron chi connectivity index (χ1n) is 9.64. The maximum Gasteiger partial charge on any atom is 0.167 e. The molecule has 2 aromatic heterocycles. The molecule has 0 saturated carbocycles. The van der Waals surface area contributed by atoms with Crippen LogP contribution in [0.3, 0.4) is 0 Å². The number of aromatic nitrogens is 2. The van der Waals surface area contributed by atoms with Crippen molar-refractivity contribution in [2.24, 2.45) is 5.73 Å². The van der Waals surface area contributed by atoms with E-state index in [1.54, 1.807) is 7.11 Å². The molecule has 7 heteroatoms. The van der Waals surface area contributed by atoms with E-state index in [9.17, 15) is 0 Å². The molecule has 0 aliphatic carbocycles. The lowest BCUT2D eigenvalue weighted by Gasteiger charge is -2.16. The molecule has 0 aliphatic heterocycles. The first kappa shape index (κ1) is 21.8. The Hall–Kier alpha value is -2.93. The Labute approximate surface area is 181 Å². The number of benzene rings is 2. The van der Waals surface area contributed by atoms with Crippen LogP contribution in [0.4, 0.5) is 5.82 Å². The number of ether oxygens (including phenoxy) is 1. The van der Waals surface area contributed by atoms with Gasteiger partial charge in [-0.3, -0.25) is 0 Å². The fourth-order valence-corrected chi connectivity index (χ4v) is 3.42. The molecule has 0 fully saturated rings. The van der Waals surface area contributed by atoms with E-state index >= 15 is 0 Å². The molecule has 6 nitrogen and oxygen atoms in total. The smallest absolute Gasteiger partial charge is 0.167 e. The van der Waals surface area contributed by atoms with Crippen LogP contribution in [-0.4, -0.2) is 30.4 Å². The summed E-state index contributed by atoms with van der Waals surface area (Å²) in [6, 6.07) is 21.6. The van der Waals surface area contributed by atoms with E-state index in [0.717, 1.165) is 39.3 Å². The van der Waals surface area contributed by atoms with Crippen molar-refractivity contribution in [2.75, 3.05) is 25.6 Å². The lowest BCUT2D eigenvalue weighted by molar-refractivity contribution is 0.210. The van der Waals surface area contributed by atoms with Crippen LogP contribution in [0, 0.1) is 0 Å². The van der Waals surface area contributed by atoms with Crippen LogP contribution in [0.1, 0.15) is 17.3 Å². The van der Waals surface area contributed by atoms with E-state index in [1.807, 2.05) is 66.7 Å². The summed E-state index contributed by atoms with van der Waals surface area (Å²) in [6.07, 6.45) is 0.618. The monoisotopic (exact) mass is 424 g/mol. The van der Waals surface area contributed by atoms with Crippen LogP contribution in [0.5, 0.6) is 0 Å². The number of hydrogen-bond acceptors (Lipinski definition) is 6. The number of rotatable bonds is 8. The third-order valence-electron chi connectivity index (χ3n) is 4.84. The number of anilines is 1. The van der Waals surface area contributed by atoms with Gasteiger partial charge in [0.05, 0.1) is 6.61 Å². The molecule has 4 aromatic rings. The van der Waals surface area contributed by atoms with Crippen molar-refractivity contribution in [3.05, 3.63) is 78.0 Å². The molecule has 0 amide bonds. The topological polar surface area (TPSA) is 86.2 Å². The minimum Gasteiger partial charge on any atom is -0.383 e. The number of pyridine rings is 1. The maximum absolute atomic E-state index is 6.61. The summed E-state index contributed by atoms with van der Waals surface area (Å²) in [7, 11) is 1.68. The SMILES string of the molecule is COCCNc1cccc(C[C@H](N)c2ccccc2-c2noc3ccccc23)n1.Cl. The lowest BCUT2D eigenvalue weighted by Crippen LogP contribution is -2.16. The summed E-state index contributed by atoms with van der Waals surface area (Å²) >= 11 is 0. The van der Waals surface area contributed by atoms with Crippen LogP contribution in [-0.2, 0) is 11.2 Å². The second kappa shape index (κ2) is 10.2. The Balaban J connectivity index is 0.00000256. The summed E-state index contributed by atoms with van der Waals surface area (Å²) < 4.78 is 10.6. The number of hydrogen-bond donors (Lipinski definition) is 2. The van der Waals surface area contributed by atoms with E-state index in [-0.39, 0.29) is 18.4 Å². The zero-order valence-electron chi connectivity index (χ0n) is 16.7. The first-order chi connectivity index (χ1) is 14.3. The number of para-hydroxylation sites is 1. The van der Waals surface area contributed by atoms with Gasteiger partial charge in [-0.2, -0.15) is 0 Å². The highest BCUT2D eigenvalue weighted by molar-refractivity contribution is 5.92. The van der Waals surface area contributed by atoms with Crippen LogP contribution in [0.2, 0.25) is 0 Å². The van der Waals surface area contributed by atoms with Crippen LogP contribution in [0.15, 0.2) is 71.3 Å². The van der Waals surface area contributed by atoms with Crippen LogP contribution < -0.4 is 11.1 Å². The summed E-state index contributed by atoms with van der Waals surface area (Å²) in [6.45, 7) is 1.34. The van der Waals surface area contributed by atoms with Gasteiger partial charge in [0.15, 0.2) is 5.58 Å². The molecule has 2 heterocycles. The lowest BCUT2D eigenvalue weighted by atomic mass is 9.94. The fraction of sp³-hybridized carbons (Fsp3) is 0.217. The van der Waals surface area contributed by atoms with E-state index < -0.39 is 0 Å². The van der Waals surface area contributed by atoms with Gasteiger partial charge in [0.25, 0.3) is 0 Å². The van der Waals surface area contributed by atoms with E-state index in [0.29, 0.717) is 19.6 Å². The predicted octanol–water partition coefficient (Wildman–Crippen LogP) is 4.61. The molecule has 2 aromatic carbocycles. The Morgan fingerprint density at radius 2 is 1.83 bits per heavy atom. The molecule has 0 unspecified atom stereocenters. The van der Waals surface area contributed by atoms with Gasteiger partial charge in [0, 0.05) is 42.8 Å². The summed E-state index contributed by atoms with van der Waals surface area (Å²) in [5, 5.41) is 8.54. The van der Waals surface area contributed by atoms with Gasteiger partial charge in [0.2, 0.25) is 0 Å². The van der Waals surface area contributed by atoms with Gasteiger partial charge >= 0.3 is 0 Å². The molecule has 0 saturated heterocycles. The molecular formula is C23H25ClN4O2. The highest BCUT2D eigenvalue weighted by Crippen LogP contribution is 2.33. The zero-order valence-corrected chi connectivity index (χ0v) is 17.6. The fourth-order valence-electron chi connectivity index (χ4n) is 3.42. The molecule has 0 spiro atoms. The summed E-state index contributed by atoms with van der Waals surface area (Å²) in [4.78, 5) is 4.67. The average molecular weight is 425 g/mol. The van der Waals surface area contributed by atoms with Crippen molar-refractivity contribution in [2.45, 2.75) is 12.5 Å². The minimum absolute atomic E-state index is 0. The summed E-state index contributed by atoms with van der Waals surface area (Å²) in [5.74, 6) is 0.822. The molecule has 1 atom stereocenters. The molecular weight excluding hydrogens is 400 g/mol. The summed E-state index contributed by atoms with van der Waals surface area (Å²) in [5.41, 5.74) is 11.1. The third kappa shape index (κ3) is 4.79. The van der Waals surface area contributed by atoms with E-state index in [1.165, 1.54) is 0 Å². The third-order valence-corrected chi connectivity index (χ3v) is 4.84. The second-order valence-corrected chi connectivity index (χ2v) is 6.86. The largest absolute Gasteiger partial charge is 0.383 e. The Kier molecular flexibility index (Phi) is 7.41. The highest BCUT2D eigenvalue weighted by Gasteiger charge is 2.18. The maximum atomic E-state index is 6.61. The molecule has 0 bridgehead atoms. The zero-order chi connectivity index (χ0) is 20.1. The van der Waals surface area contributed by atoms with Crippen molar-refractivity contribution >= 4 is 29.2 Å². The predicted molar refractivity (Wildman–Crippen MR) is 122 cm³/mol. The van der Waals surface area contributed by atoms with Crippen molar-refractivity contribution in [1.29, 1.82) is 0 Å². The van der Waals surface area contributed by atoms with Gasteiger partial charge in [-0.1, -0.05) is 47.6 Å². The van der Waals surface area contributed by atoms with Gasteiger partial charge in [0.1, 0.15) is 11.5 Å². The molecule has 156 valence electrons. The molecule has 30 heavy (non-hydrogen) atoms. The minimum atomic E-state index is -0.219. The van der Waals surface area contributed by atoms with Gasteiger partial charge in [-0.25, -0.2) is 4.98 Å². The molecule has 3 N–H and O–H groups in total. The van der Waals surface area contributed by atoms with E-state index in [4.69, 9.17) is 15.0 Å². The van der Waals surface area contributed by atoms with E-state index in [2.05, 4.69) is 15.5 Å². The number of nitrogens with two attached hydrogens (primary N) is 1. The quantitative estimate of drug-likeness (QED) is 0.401. The number of fused-ring (bicyclic) bond motifs is 1. The molecule has 0 aliphatic rings. The van der Waals surface area contributed by atoms with Crippen molar-refractivity contribution < 1.29 is 9.26 Å². The average Bonchev–Trinajstić information content (AvgIpc) is 3.18. The van der Waals surface area contributed by atoms with Crippen molar-refractivity contribution in [1.82, 2.24) is 10.1 Å². The standard InChI is InChI=1S/C23H24N4O2.ClH/c1-28-14-13-25-22-12-6-7-16(26-22)15-20(24)17-8-2-3-9-18(17)23-19-10-4-5-11-21(19)29-27-23;/h2-12,20H,13-15,24H2,1H3,(H,25,26);1H/t20-;/m0./s1. The first-order valence-corrected chi connectivity index (χ1v) is 9.64. The van der Waals surface area contributed by atoms with Crippen LogP contribution in [0.25, 0.3) is 22.2 Å². The Morgan fingerprint density at radius 1 is 1.03 bits per heavy atom. The number of methoxy groups -OCH3 is 1. The van der Waals surface area contributed by atoms with Gasteiger partial charge < -0.3 is 20.3 Å². The Bertz CT molecular complexity index is 1100. The highest BCUT2D eigenvalue weighted by atomic mass is 35.5. The number of nitrogens with one attached hydrogen (secondary N) is 1.